The number of rotatable bonds is 48. The van der Waals surface area contributed by atoms with Crippen molar-refractivity contribution in [1.82, 2.24) is 5.32 Å². The smallest absolute Gasteiger partial charge is 0.220 e. The van der Waals surface area contributed by atoms with Gasteiger partial charge in [0.25, 0.3) is 0 Å². The second-order valence-corrected chi connectivity index (χ2v) is 23.2. The van der Waals surface area contributed by atoms with Gasteiger partial charge in [0.2, 0.25) is 5.91 Å². The van der Waals surface area contributed by atoms with Gasteiger partial charge in [0, 0.05) is 6.42 Å². The van der Waals surface area contributed by atoms with Gasteiger partial charge >= 0.3 is 0 Å². The molecule has 3 heterocycles. The van der Waals surface area contributed by atoms with Gasteiger partial charge in [-0.3, -0.25) is 4.79 Å². The number of aliphatic hydroxyl groups excluding tert-OH is 11. The van der Waals surface area contributed by atoms with Crippen LogP contribution in [0.2, 0.25) is 0 Å². The molecule has 3 rings (SSSR count). The lowest BCUT2D eigenvalue weighted by atomic mass is 9.96. The number of amides is 1. The summed E-state index contributed by atoms with van der Waals surface area (Å²) < 4.78 is 34.3. The van der Waals surface area contributed by atoms with Crippen molar-refractivity contribution in [3.63, 3.8) is 0 Å². The van der Waals surface area contributed by atoms with Gasteiger partial charge in [-0.05, 0) is 19.3 Å². The topological polar surface area (TPSA) is 307 Å². The summed E-state index contributed by atoms with van der Waals surface area (Å²) in [5, 5.41) is 120. The Bertz CT molecular complexity index is 1510. The molecular weight excluding hydrogens is 1030 g/mol. The molecule has 0 aromatic rings. The van der Waals surface area contributed by atoms with Gasteiger partial charge in [0.1, 0.15) is 73.2 Å². The minimum atomic E-state index is -1.97. The van der Waals surface area contributed by atoms with Crippen molar-refractivity contribution in [2.24, 2.45) is 0 Å². The van der Waals surface area contributed by atoms with Crippen molar-refractivity contribution in [3.8, 4) is 0 Å². The monoisotopic (exact) mass is 1150 g/mol. The summed E-state index contributed by atoms with van der Waals surface area (Å²) in [5.74, 6) is -0.272. The van der Waals surface area contributed by atoms with E-state index in [1.807, 2.05) is 6.08 Å². The maximum Gasteiger partial charge on any atom is 0.220 e. The molecule has 3 fully saturated rings. The van der Waals surface area contributed by atoms with E-state index in [0.717, 1.165) is 44.9 Å². The average molecular weight is 1150 g/mol. The lowest BCUT2D eigenvalue weighted by molar-refractivity contribution is -0.379. The van der Waals surface area contributed by atoms with Gasteiger partial charge in [-0.1, -0.05) is 225 Å². The predicted molar refractivity (Wildman–Crippen MR) is 305 cm³/mol. The Morgan fingerprint density at radius 3 is 1.18 bits per heavy atom. The summed E-state index contributed by atoms with van der Waals surface area (Å²) in [4.78, 5) is 13.3. The molecule has 17 unspecified atom stereocenters. The molecular formula is C61H115NO18. The summed E-state index contributed by atoms with van der Waals surface area (Å²) >= 11 is 0. The summed E-state index contributed by atoms with van der Waals surface area (Å²) in [6.45, 7) is 1.74. The average Bonchev–Trinajstić information content (AvgIpc) is 3.47. The molecule has 19 nitrogen and oxygen atoms in total. The number of nitrogens with one attached hydrogen (secondary N) is 1. The minimum absolute atomic E-state index is 0.249. The first-order chi connectivity index (χ1) is 38.8. The Morgan fingerprint density at radius 1 is 0.438 bits per heavy atom. The summed E-state index contributed by atoms with van der Waals surface area (Å²) in [7, 11) is 0. The first kappa shape index (κ1) is 72.8. The van der Waals surface area contributed by atoms with E-state index in [4.69, 9.17) is 28.4 Å². The standard InChI is InChI=1S/C61H115NO18/c1-3-5-7-9-11-13-15-17-18-19-20-21-22-23-24-25-27-29-31-33-35-37-39-49(67)62-44(45(66)38-36-34-32-30-28-26-16-14-12-10-8-6-4-2)43-75-59-55(73)52(70)57(47(41-64)77-59)80-61-56(74)53(71)58(48(42-65)78-61)79-60-54(72)51(69)50(68)46(40-63)76-60/h36,38,44-48,50-61,63-66,68-74H,3-35,37,39-43H2,1-2H3,(H,62,67)/b38-36+. The number of carbonyl (C=O) groups excluding carboxylic acids is 1. The highest BCUT2D eigenvalue weighted by Gasteiger charge is 2.53. The molecule has 17 atom stereocenters. The predicted octanol–water partition coefficient (Wildman–Crippen LogP) is 6.55. The molecule has 3 aliphatic heterocycles. The van der Waals surface area contributed by atoms with Crippen molar-refractivity contribution >= 4 is 5.91 Å². The van der Waals surface area contributed by atoms with Crippen LogP contribution >= 0.6 is 0 Å². The molecule has 0 aliphatic carbocycles. The van der Waals surface area contributed by atoms with Gasteiger partial charge in [-0.25, -0.2) is 0 Å². The number of aliphatic hydroxyl groups is 11. The Morgan fingerprint density at radius 2 is 0.775 bits per heavy atom. The van der Waals surface area contributed by atoms with Crippen LogP contribution in [0, 0.1) is 0 Å². The lowest BCUT2D eigenvalue weighted by Crippen LogP contribution is -2.66. The van der Waals surface area contributed by atoms with E-state index in [0.29, 0.717) is 6.42 Å². The Kier molecular flexibility index (Phi) is 40.9. The van der Waals surface area contributed by atoms with Crippen molar-refractivity contribution in [2.45, 2.75) is 343 Å². The maximum atomic E-state index is 13.3. The molecule has 80 heavy (non-hydrogen) atoms. The number of ether oxygens (including phenoxy) is 6. The fourth-order valence-corrected chi connectivity index (χ4v) is 11.1. The van der Waals surface area contributed by atoms with E-state index in [-0.39, 0.29) is 18.9 Å². The minimum Gasteiger partial charge on any atom is -0.394 e. The Labute approximate surface area is 480 Å². The third kappa shape index (κ3) is 28.2. The first-order valence-electron chi connectivity index (χ1n) is 31.9. The van der Waals surface area contributed by atoms with E-state index in [1.54, 1.807) is 6.08 Å². The molecule has 1 amide bonds. The molecule has 19 heteroatoms. The summed E-state index contributed by atoms with van der Waals surface area (Å²) in [5.41, 5.74) is 0. The molecule has 472 valence electrons. The fourth-order valence-electron chi connectivity index (χ4n) is 11.1. The number of hydrogen-bond donors (Lipinski definition) is 12. The molecule has 0 radical (unpaired) electrons. The van der Waals surface area contributed by atoms with Crippen LogP contribution in [0.25, 0.3) is 0 Å². The van der Waals surface area contributed by atoms with E-state index in [1.165, 1.54) is 167 Å². The van der Waals surface area contributed by atoms with Crippen molar-refractivity contribution in [2.75, 3.05) is 26.4 Å². The van der Waals surface area contributed by atoms with Gasteiger partial charge in [-0.2, -0.15) is 0 Å². The van der Waals surface area contributed by atoms with Crippen LogP contribution < -0.4 is 5.32 Å². The van der Waals surface area contributed by atoms with Crippen molar-refractivity contribution in [1.29, 1.82) is 0 Å². The number of unbranched alkanes of at least 4 members (excludes halogenated alkanes) is 32. The lowest BCUT2D eigenvalue weighted by Gasteiger charge is -2.48. The SMILES string of the molecule is CCCCCCCCCCCCC/C=C/C(O)C(COC1OC(CO)C(OC2OC(CO)C(OC3OC(CO)C(O)C(O)C3O)C(O)C2O)C(O)C1O)NC(=O)CCCCCCCCCCCCCCCCCCCCCCCC. The van der Waals surface area contributed by atoms with Crippen LogP contribution in [0.3, 0.4) is 0 Å². The zero-order valence-electron chi connectivity index (χ0n) is 49.3. The molecule has 0 aromatic carbocycles. The highest BCUT2D eigenvalue weighted by molar-refractivity contribution is 5.76. The van der Waals surface area contributed by atoms with Gasteiger partial charge in [0.15, 0.2) is 18.9 Å². The number of carbonyl (C=O) groups is 1. The van der Waals surface area contributed by atoms with E-state index in [9.17, 15) is 61.0 Å². The second kappa shape index (κ2) is 44.9. The largest absolute Gasteiger partial charge is 0.394 e. The Balaban J connectivity index is 1.45. The fraction of sp³-hybridized carbons (Fsp3) is 0.951. The van der Waals surface area contributed by atoms with Crippen LogP contribution in [-0.4, -0.2) is 193 Å². The van der Waals surface area contributed by atoms with Crippen LogP contribution in [0.1, 0.15) is 239 Å². The maximum absolute atomic E-state index is 13.3. The molecule has 0 spiro atoms. The molecule has 3 saturated heterocycles. The quantitative estimate of drug-likeness (QED) is 0.0227. The van der Waals surface area contributed by atoms with Gasteiger partial charge < -0.3 is 89.9 Å². The summed E-state index contributed by atoms with van der Waals surface area (Å²) in [6, 6.07) is -0.967. The van der Waals surface area contributed by atoms with Crippen LogP contribution in [0.15, 0.2) is 12.2 Å². The Hall–Kier alpha value is -1.47. The normalized spacial score (nSPS) is 30.0. The third-order valence-corrected chi connectivity index (χ3v) is 16.3. The molecule has 0 aromatic heterocycles. The van der Waals surface area contributed by atoms with Crippen LogP contribution in [0.4, 0.5) is 0 Å². The van der Waals surface area contributed by atoms with Crippen molar-refractivity contribution < 1.29 is 89.4 Å². The summed E-state index contributed by atoms with van der Waals surface area (Å²) in [6.07, 6.45) is 19.1. The zero-order valence-corrected chi connectivity index (χ0v) is 49.3. The molecule has 0 bridgehead atoms. The first-order valence-corrected chi connectivity index (χ1v) is 31.9. The number of hydrogen-bond acceptors (Lipinski definition) is 18. The second-order valence-electron chi connectivity index (χ2n) is 23.2. The number of allylic oxidation sites excluding steroid dienone is 1. The zero-order chi connectivity index (χ0) is 58.3. The van der Waals surface area contributed by atoms with Crippen molar-refractivity contribution in [3.05, 3.63) is 12.2 Å². The van der Waals surface area contributed by atoms with E-state index < -0.39 is 124 Å². The highest BCUT2D eigenvalue weighted by Crippen LogP contribution is 2.33. The van der Waals surface area contributed by atoms with E-state index >= 15 is 0 Å². The van der Waals surface area contributed by atoms with Gasteiger partial charge in [0.05, 0.1) is 38.6 Å². The molecule has 12 N–H and O–H groups in total. The van der Waals surface area contributed by atoms with Gasteiger partial charge in [-0.15, -0.1) is 0 Å². The van der Waals surface area contributed by atoms with Crippen LogP contribution in [-0.2, 0) is 33.2 Å². The molecule has 3 aliphatic rings. The van der Waals surface area contributed by atoms with E-state index in [2.05, 4.69) is 19.2 Å². The molecule has 0 saturated carbocycles. The highest BCUT2D eigenvalue weighted by atomic mass is 16.8. The third-order valence-electron chi connectivity index (χ3n) is 16.3. The van der Waals surface area contributed by atoms with Crippen LogP contribution in [0.5, 0.6) is 0 Å².